The zero-order chi connectivity index (χ0) is 19.7. The first-order valence-corrected chi connectivity index (χ1v) is 9.16. The number of hydrogen-bond donors (Lipinski definition) is 0. The highest BCUT2D eigenvalue weighted by Crippen LogP contribution is 2.38. The molecule has 2 bridgehead atoms. The van der Waals surface area contributed by atoms with Crippen LogP contribution in [-0.2, 0) is 28.6 Å². The minimum Gasteiger partial charge on any atom is -0.458 e. The molecule has 2 heterocycles. The Kier molecular flexibility index (Phi) is 5.35. The van der Waals surface area contributed by atoms with Gasteiger partial charge in [0, 0.05) is 29.6 Å². The molecule has 4 atom stereocenters. The van der Waals surface area contributed by atoms with Crippen molar-refractivity contribution < 1.29 is 28.6 Å². The highest BCUT2D eigenvalue weighted by atomic mass is 16.6. The van der Waals surface area contributed by atoms with Crippen molar-refractivity contribution >= 4 is 17.9 Å². The first kappa shape index (κ1) is 19.1. The molecule has 144 valence electrons. The number of rotatable bonds is 3. The fourth-order valence-electron chi connectivity index (χ4n) is 3.72. The van der Waals surface area contributed by atoms with E-state index in [-0.39, 0.29) is 18.1 Å². The van der Waals surface area contributed by atoms with Crippen molar-refractivity contribution in [3.63, 3.8) is 0 Å². The van der Waals surface area contributed by atoms with E-state index in [0.29, 0.717) is 17.6 Å². The van der Waals surface area contributed by atoms with Gasteiger partial charge in [0.15, 0.2) is 0 Å². The third-order valence-electron chi connectivity index (χ3n) is 5.05. The lowest BCUT2D eigenvalue weighted by Gasteiger charge is -2.26. The number of allylic oxidation sites excluding steroid dienone is 1. The Bertz CT molecular complexity index is 784. The third kappa shape index (κ3) is 3.89. The molecule has 0 unspecified atom stereocenters. The average molecular weight is 372 g/mol. The maximum Gasteiger partial charge on any atom is 0.334 e. The summed E-state index contributed by atoms with van der Waals surface area (Å²) in [6.45, 7) is 9.36. The summed E-state index contributed by atoms with van der Waals surface area (Å²) in [5, 5.41) is 0. The van der Waals surface area contributed by atoms with E-state index < -0.39 is 36.0 Å². The Labute approximate surface area is 158 Å². The molecule has 0 aromatic heterocycles. The summed E-state index contributed by atoms with van der Waals surface area (Å²) < 4.78 is 16.5. The monoisotopic (exact) mass is 372 g/mol. The second-order valence-electron chi connectivity index (χ2n) is 7.22. The van der Waals surface area contributed by atoms with Gasteiger partial charge in [0.1, 0.15) is 18.3 Å². The zero-order valence-corrected chi connectivity index (χ0v) is 15.8. The van der Waals surface area contributed by atoms with E-state index in [1.807, 2.05) is 19.9 Å². The van der Waals surface area contributed by atoms with Crippen LogP contribution in [0.4, 0.5) is 0 Å². The molecule has 2 aliphatic heterocycles. The van der Waals surface area contributed by atoms with Crippen molar-refractivity contribution in [3.05, 3.63) is 47.1 Å². The molecule has 6 nitrogen and oxygen atoms in total. The highest BCUT2D eigenvalue weighted by molar-refractivity contribution is 5.93. The summed E-state index contributed by atoms with van der Waals surface area (Å²) in [6, 6.07) is 0. The van der Waals surface area contributed by atoms with Gasteiger partial charge >= 0.3 is 17.9 Å². The first-order chi connectivity index (χ1) is 12.8. The molecule has 0 amide bonds. The van der Waals surface area contributed by atoms with Crippen LogP contribution in [0.2, 0.25) is 0 Å². The molecule has 1 saturated heterocycles. The summed E-state index contributed by atoms with van der Waals surface area (Å²) >= 11 is 0. The quantitative estimate of drug-likeness (QED) is 0.328. The van der Waals surface area contributed by atoms with Crippen LogP contribution >= 0.6 is 0 Å². The number of fused-ring (bicyclic) bond motifs is 2. The lowest BCUT2D eigenvalue weighted by atomic mass is 9.85. The summed E-state index contributed by atoms with van der Waals surface area (Å²) in [4.78, 5) is 36.7. The second kappa shape index (κ2) is 7.55. The van der Waals surface area contributed by atoms with E-state index in [4.69, 9.17) is 14.2 Å². The van der Waals surface area contributed by atoms with Gasteiger partial charge in [-0.2, -0.15) is 0 Å². The Morgan fingerprint density at radius 2 is 2.00 bits per heavy atom. The van der Waals surface area contributed by atoms with Crippen LogP contribution < -0.4 is 0 Å². The van der Waals surface area contributed by atoms with Gasteiger partial charge < -0.3 is 14.2 Å². The van der Waals surface area contributed by atoms with Gasteiger partial charge in [-0.05, 0) is 32.4 Å². The van der Waals surface area contributed by atoms with Crippen LogP contribution in [0, 0.1) is 5.92 Å². The van der Waals surface area contributed by atoms with Gasteiger partial charge in [-0.25, -0.2) is 14.4 Å². The number of esters is 3. The predicted molar refractivity (Wildman–Crippen MR) is 97.4 cm³/mol. The molecule has 1 fully saturated rings. The van der Waals surface area contributed by atoms with Gasteiger partial charge in [-0.3, -0.25) is 0 Å². The van der Waals surface area contributed by atoms with Crippen LogP contribution in [-0.4, -0.2) is 36.2 Å². The van der Waals surface area contributed by atoms with Crippen LogP contribution in [0.1, 0.15) is 40.0 Å². The zero-order valence-electron chi connectivity index (χ0n) is 15.8. The molecule has 3 rings (SSSR count). The first-order valence-electron chi connectivity index (χ1n) is 9.16. The second-order valence-corrected chi connectivity index (χ2v) is 7.22. The van der Waals surface area contributed by atoms with E-state index in [2.05, 4.69) is 6.58 Å². The number of carbonyl (C=O) groups excluding carboxylic acids is 3. The summed E-state index contributed by atoms with van der Waals surface area (Å²) in [5.41, 5.74) is 2.14. The minimum absolute atomic E-state index is 0.218. The van der Waals surface area contributed by atoms with Crippen LogP contribution in [0.25, 0.3) is 0 Å². The SMILES string of the molecule is C=C1C(=O)O[C@H]2CC3=C[C@@H](C/C(C)=C/[C@@H](OC(=O)/C(C)=C/CC)[C@H]12)OC3=O. The molecule has 1 aliphatic carbocycles. The lowest BCUT2D eigenvalue weighted by molar-refractivity contribution is -0.146. The van der Waals surface area contributed by atoms with Gasteiger partial charge in [0.2, 0.25) is 0 Å². The fraction of sp³-hybridized carbons (Fsp3) is 0.476. The largest absolute Gasteiger partial charge is 0.458 e. The molecule has 0 aromatic rings. The van der Waals surface area contributed by atoms with Crippen molar-refractivity contribution in [1.82, 2.24) is 0 Å². The number of ether oxygens (including phenoxy) is 3. The van der Waals surface area contributed by atoms with Crippen molar-refractivity contribution in [2.24, 2.45) is 5.92 Å². The standard InChI is InChI=1S/C21H24O6/c1-5-6-12(3)19(22)26-16-8-11(2)7-15-9-14(21(24)25-15)10-17-18(16)13(4)20(23)27-17/h6,8-9,15-18H,4-5,7,10H2,1-3H3/b11-8+,12-6+/t15-,16-,17+,18+/m1/s1. The number of hydrogen-bond acceptors (Lipinski definition) is 6. The van der Waals surface area contributed by atoms with Gasteiger partial charge in [-0.1, -0.05) is 25.2 Å². The van der Waals surface area contributed by atoms with Crippen molar-refractivity contribution in [1.29, 1.82) is 0 Å². The molecule has 0 spiro atoms. The fourth-order valence-corrected chi connectivity index (χ4v) is 3.72. The Balaban J connectivity index is 1.96. The Morgan fingerprint density at radius 3 is 2.70 bits per heavy atom. The molecular formula is C21H24O6. The third-order valence-corrected chi connectivity index (χ3v) is 5.05. The van der Waals surface area contributed by atoms with E-state index >= 15 is 0 Å². The minimum atomic E-state index is -0.699. The van der Waals surface area contributed by atoms with Gasteiger partial charge in [0.05, 0.1) is 5.92 Å². The van der Waals surface area contributed by atoms with Crippen LogP contribution in [0.15, 0.2) is 47.1 Å². The Hall–Kier alpha value is -2.63. The maximum atomic E-state index is 12.5. The van der Waals surface area contributed by atoms with Crippen molar-refractivity contribution in [3.8, 4) is 0 Å². The van der Waals surface area contributed by atoms with Crippen LogP contribution in [0.5, 0.6) is 0 Å². The van der Waals surface area contributed by atoms with E-state index in [9.17, 15) is 14.4 Å². The van der Waals surface area contributed by atoms with E-state index in [1.165, 1.54) is 0 Å². The molecule has 6 heteroatoms. The molecule has 0 aromatic carbocycles. The molecule has 27 heavy (non-hydrogen) atoms. The topological polar surface area (TPSA) is 78.9 Å². The van der Waals surface area contributed by atoms with Crippen molar-refractivity contribution in [2.75, 3.05) is 0 Å². The van der Waals surface area contributed by atoms with E-state index in [0.717, 1.165) is 12.0 Å². The summed E-state index contributed by atoms with van der Waals surface area (Å²) in [7, 11) is 0. The van der Waals surface area contributed by atoms with E-state index in [1.54, 1.807) is 19.1 Å². The summed E-state index contributed by atoms with van der Waals surface area (Å²) in [5.74, 6) is -1.90. The van der Waals surface area contributed by atoms with Gasteiger partial charge in [0.25, 0.3) is 0 Å². The highest BCUT2D eigenvalue weighted by Gasteiger charge is 2.46. The smallest absolute Gasteiger partial charge is 0.334 e. The lowest BCUT2D eigenvalue weighted by Crippen LogP contribution is -2.33. The number of carbonyl (C=O) groups is 3. The molecule has 3 aliphatic rings. The molecule has 0 N–H and O–H groups in total. The molecular weight excluding hydrogens is 348 g/mol. The summed E-state index contributed by atoms with van der Waals surface area (Å²) in [6.07, 6.45) is 5.15. The maximum absolute atomic E-state index is 12.5. The average Bonchev–Trinajstić information content (AvgIpc) is 3.06. The van der Waals surface area contributed by atoms with Crippen LogP contribution in [0.3, 0.4) is 0 Å². The van der Waals surface area contributed by atoms with Crippen molar-refractivity contribution in [2.45, 2.75) is 58.3 Å². The Morgan fingerprint density at radius 1 is 1.26 bits per heavy atom. The molecule has 0 saturated carbocycles. The van der Waals surface area contributed by atoms with Gasteiger partial charge in [-0.15, -0.1) is 0 Å². The predicted octanol–water partition coefficient (Wildman–Crippen LogP) is 2.94. The molecule has 0 radical (unpaired) electrons. The normalized spacial score (nSPS) is 32.7.